The number of hydrogen-bond acceptors (Lipinski definition) is 3. The van der Waals surface area contributed by atoms with Crippen LogP contribution in [0.1, 0.15) is 25.7 Å². The van der Waals surface area contributed by atoms with Crippen molar-refractivity contribution in [1.29, 1.82) is 0 Å². The van der Waals surface area contributed by atoms with E-state index >= 15 is 0 Å². The van der Waals surface area contributed by atoms with Gasteiger partial charge in [-0.2, -0.15) is 0 Å². The summed E-state index contributed by atoms with van der Waals surface area (Å²) in [5.41, 5.74) is 0.608. The van der Waals surface area contributed by atoms with Crippen molar-refractivity contribution in [2.45, 2.75) is 31.7 Å². The molecule has 0 bridgehead atoms. The minimum atomic E-state index is -0.304. The summed E-state index contributed by atoms with van der Waals surface area (Å²) in [7, 11) is 0. The van der Waals surface area contributed by atoms with Crippen LogP contribution in [0.5, 0.6) is 0 Å². The van der Waals surface area contributed by atoms with Crippen molar-refractivity contribution in [3.05, 3.63) is 30.1 Å². The number of carbonyl (C=O) groups excluding carboxylic acids is 1. The highest BCUT2D eigenvalue weighted by atomic mass is 35.5. The first kappa shape index (κ1) is 19.9. The topological polar surface area (TPSA) is 56.4 Å². The second-order valence-electron chi connectivity index (χ2n) is 6.89. The molecule has 140 valence electrons. The molecule has 2 aliphatic heterocycles. The molecular weight excluding hydrogens is 343 g/mol. The standard InChI is InChI=1S/C18H27FN4O.ClH/c19-15-3-5-16(6-4-15)21-18(24)22-17-7-10-23(11-8-17)13-14-2-1-9-20-12-14;/h3-6,14,17,20H,1-2,7-13H2,(H2,21,22,24);1H. The monoisotopic (exact) mass is 370 g/mol. The van der Waals surface area contributed by atoms with Crippen LogP contribution < -0.4 is 16.0 Å². The number of nitrogens with zero attached hydrogens (tertiary/aromatic N) is 1. The molecule has 0 radical (unpaired) electrons. The normalized spacial score (nSPS) is 22.0. The van der Waals surface area contributed by atoms with Gasteiger partial charge in [0, 0.05) is 31.4 Å². The third-order valence-electron chi connectivity index (χ3n) is 4.94. The van der Waals surface area contributed by atoms with Gasteiger partial charge in [-0.3, -0.25) is 0 Å². The maximum absolute atomic E-state index is 12.9. The molecule has 2 amide bonds. The molecule has 1 aromatic carbocycles. The van der Waals surface area contributed by atoms with Crippen molar-refractivity contribution in [2.24, 2.45) is 5.92 Å². The number of carbonyl (C=O) groups is 1. The molecule has 0 aromatic heterocycles. The van der Waals surface area contributed by atoms with Gasteiger partial charge >= 0.3 is 6.03 Å². The summed E-state index contributed by atoms with van der Waals surface area (Å²) < 4.78 is 12.9. The average Bonchev–Trinajstić information content (AvgIpc) is 2.60. The van der Waals surface area contributed by atoms with Gasteiger partial charge < -0.3 is 20.9 Å². The fourth-order valence-corrected chi connectivity index (χ4v) is 3.59. The molecule has 25 heavy (non-hydrogen) atoms. The molecule has 5 nitrogen and oxygen atoms in total. The molecular formula is C18H28ClFN4O. The second kappa shape index (κ2) is 9.94. The Bertz CT molecular complexity index is 528. The van der Waals surface area contributed by atoms with E-state index in [-0.39, 0.29) is 30.3 Å². The molecule has 7 heteroatoms. The van der Waals surface area contributed by atoms with E-state index in [0.29, 0.717) is 5.69 Å². The number of hydrogen-bond donors (Lipinski definition) is 3. The number of piperidine rings is 2. The Balaban J connectivity index is 0.00000225. The molecule has 1 atom stereocenters. The summed E-state index contributed by atoms with van der Waals surface area (Å²) >= 11 is 0. The number of rotatable bonds is 4. The van der Waals surface area contributed by atoms with E-state index in [4.69, 9.17) is 0 Å². The molecule has 1 unspecified atom stereocenters. The number of halogens is 2. The van der Waals surface area contributed by atoms with Crippen LogP contribution in [0.2, 0.25) is 0 Å². The van der Waals surface area contributed by atoms with Gasteiger partial charge in [0.15, 0.2) is 0 Å². The Hall–Kier alpha value is -1.37. The van der Waals surface area contributed by atoms with Crippen LogP contribution in [0.4, 0.5) is 14.9 Å². The molecule has 0 spiro atoms. The Labute approximate surface area is 155 Å². The quantitative estimate of drug-likeness (QED) is 0.763. The molecule has 0 saturated carbocycles. The van der Waals surface area contributed by atoms with Gasteiger partial charge in [-0.1, -0.05) is 0 Å². The van der Waals surface area contributed by atoms with E-state index in [2.05, 4.69) is 20.9 Å². The van der Waals surface area contributed by atoms with E-state index in [1.807, 2.05) is 0 Å². The first-order valence-electron chi connectivity index (χ1n) is 8.95. The Morgan fingerprint density at radius 3 is 2.56 bits per heavy atom. The van der Waals surface area contributed by atoms with Gasteiger partial charge in [0.05, 0.1) is 0 Å². The molecule has 3 rings (SSSR count). The third-order valence-corrected chi connectivity index (χ3v) is 4.94. The Morgan fingerprint density at radius 1 is 1.20 bits per heavy atom. The molecule has 2 aliphatic rings. The minimum Gasteiger partial charge on any atom is -0.335 e. The van der Waals surface area contributed by atoms with Gasteiger partial charge in [0.2, 0.25) is 0 Å². The predicted octanol–water partition coefficient (Wildman–Crippen LogP) is 2.83. The lowest BCUT2D eigenvalue weighted by Crippen LogP contribution is -2.48. The van der Waals surface area contributed by atoms with Crippen molar-refractivity contribution in [2.75, 3.05) is 38.0 Å². The van der Waals surface area contributed by atoms with Gasteiger partial charge in [0.1, 0.15) is 5.82 Å². The van der Waals surface area contributed by atoms with E-state index in [9.17, 15) is 9.18 Å². The molecule has 2 fully saturated rings. The summed E-state index contributed by atoms with van der Waals surface area (Å²) in [4.78, 5) is 14.5. The van der Waals surface area contributed by atoms with Gasteiger partial charge in [-0.15, -0.1) is 12.4 Å². The van der Waals surface area contributed by atoms with Crippen LogP contribution in [0, 0.1) is 11.7 Å². The molecule has 2 heterocycles. The third kappa shape index (κ3) is 6.45. The number of anilines is 1. The van der Waals surface area contributed by atoms with Gasteiger partial charge in [-0.25, -0.2) is 9.18 Å². The lowest BCUT2D eigenvalue weighted by molar-refractivity contribution is 0.161. The first-order valence-corrected chi connectivity index (χ1v) is 8.95. The largest absolute Gasteiger partial charge is 0.335 e. The predicted molar refractivity (Wildman–Crippen MR) is 101 cm³/mol. The maximum Gasteiger partial charge on any atom is 0.319 e. The van der Waals surface area contributed by atoms with E-state index < -0.39 is 0 Å². The molecule has 1 aromatic rings. The summed E-state index contributed by atoms with van der Waals surface area (Å²) in [6.45, 7) is 5.54. The van der Waals surface area contributed by atoms with E-state index in [0.717, 1.165) is 44.9 Å². The number of benzene rings is 1. The zero-order chi connectivity index (χ0) is 16.8. The van der Waals surface area contributed by atoms with Crippen molar-refractivity contribution < 1.29 is 9.18 Å². The minimum absolute atomic E-state index is 0. The average molecular weight is 371 g/mol. The molecule has 2 saturated heterocycles. The van der Waals surface area contributed by atoms with Crippen LogP contribution in [0.3, 0.4) is 0 Å². The second-order valence-corrected chi connectivity index (χ2v) is 6.89. The summed E-state index contributed by atoms with van der Waals surface area (Å²) in [5.74, 6) is 0.464. The molecule has 3 N–H and O–H groups in total. The lowest BCUT2D eigenvalue weighted by Gasteiger charge is -2.35. The fourth-order valence-electron chi connectivity index (χ4n) is 3.59. The zero-order valence-corrected chi connectivity index (χ0v) is 15.3. The SMILES string of the molecule is Cl.O=C(Nc1ccc(F)cc1)NC1CCN(CC2CCCNC2)CC1. The van der Waals surface area contributed by atoms with Gasteiger partial charge in [-0.05, 0) is 69.0 Å². The Morgan fingerprint density at radius 2 is 1.92 bits per heavy atom. The van der Waals surface area contributed by atoms with E-state index in [1.54, 1.807) is 12.1 Å². The summed E-state index contributed by atoms with van der Waals surface area (Å²) in [6.07, 6.45) is 4.57. The van der Waals surface area contributed by atoms with Crippen molar-refractivity contribution >= 4 is 24.1 Å². The highest BCUT2D eigenvalue weighted by Crippen LogP contribution is 2.16. The zero-order valence-electron chi connectivity index (χ0n) is 14.5. The number of nitrogens with one attached hydrogen (secondary N) is 3. The van der Waals surface area contributed by atoms with E-state index in [1.165, 1.54) is 31.5 Å². The summed E-state index contributed by atoms with van der Waals surface area (Å²) in [6, 6.07) is 5.82. The maximum atomic E-state index is 12.9. The van der Waals surface area contributed by atoms with Crippen LogP contribution in [-0.4, -0.2) is 49.7 Å². The number of urea groups is 1. The lowest BCUT2D eigenvalue weighted by atomic mass is 9.97. The van der Waals surface area contributed by atoms with Crippen LogP contribution in [0.15, 0.2) is 24.3 Å². The molecule has 0 aliphatic carbocycles. The van der Waals surface area contributed by atoms with Crippen LogP contribution in [0.25, 0.3) is 0 Å². The number of amides is 2. The Kier molecular flexibility index (Phi) is 7.93. The van der Waals surface area contributed by atoms with Crippen LogP contribution in [-0.2, 0) is 0 Å². The highest BCUT2D eigenvalue weighted by Gasteiger charge is 2.23. The smallest absolute Gasteiger partial charge is 0.319 e. The van der Waals surface area contributed by atoms with Crippen LogP contribution >= 0.6 is 12.4 Å². The van der Waals surface area contributed by atoms with Gasteiger partial charge in [0.25, 0.3) is 0 Å². The summed E-state index contributed by atoms with van der Waals surface area (Å²) in [5, 5.41) is 9.25. The van der Waals surface area contributed by atoms with Crippen molar-refractivity contribution in [1.82, 2.24) is 15.5 Å². The highest BCUT2D eigenvalue weighted by molar-refractivity contribution is 5.89. The fraction of sp³-hybridized carbons (Fsp3) is 0.611. The van der Waals surface area contributed by atoms with Crippen molar-refractivity contribution in [3.8, 4) is 0 Å². The first-order chi connectivity index (χ1) is 11.7. The van der Waals surface area contributed by atoms with Crippen molar-refractivity contribution in [3.63, 3.8) is 0 Å². The number of likely N-dealkylation sites (tertiary alicyclic amines) is 1.